The number of amides is 1. The van der Waals surface area contributed by atoms with Crippen molar-refractivity contribution in [2.45, 2.75) is 24.7 Å². The second-order valence-corrected chi connectivity index (χ2v) is 9.49. The number of carbonyl (C=O) groups is 1. The lowest BCUT2D eigenvalue weighted by Gasteiger charge is -2.42. The average Bonchev–Trinajstić information content (AvgIpc) is 3.20. The summed E-state index contributed by atoms with van der Waals surface area (Å²) in [6, 6.07) is 7.03. The number of nitrogens with two attached hydrogens (primary N) is 1. The van der Waals surface area contributed by atoms with Crippen molar-refractivity contribution in [2.24, 2.45) is 5.73 Å². The van der Waals surface area contributed by atoms with Gasteiger partial charge >= 0.3 is 6.18 Å². The van der Waals surface area contributed by atoms with Crippen LogP contribution in [0.4, 0.5) is 19.0 Å². The van der Waals surface area contributed by atoms with Gasteiger partial charge < -0.3 is 25.8 Å². The van der Waals surface area contributed by atoms with Crippen LogP contribution in [0.5, 0.6) is 0 Å². The molecule has 35 heavy (non-hydrogen) atoms. The zero-order chi connectivity index (χ0) is 24.9. The van der Waals surface area contributed by atoms with E-state index in [2.05, 4.69) is 15.3 Å². The van der Waals surface area contributed by atoms with Crippen molar-refractivity contribution < 1.29 is 18.0 Å². The third kappa shape index (κ3) is 4.33. The summed E-state index contributed by atoms with van der Waals surface area (Å²) in [5, 5.41) is 4.32. The molecule has 3 aromatic rings. The SMILES string of the molecule is NCC1c2[nH]c3ccc(Cl)cc3c2CCN1C(=O)C1CNCCN1c1ccc(Cl)c(C(F)(F)F)n1. The van der Waals surface area contributed by atoms with Crippen molar-refractivity contribution >= 4 is 45.8 Å². The fourth-order valence-electron chi connectivity index (χ4n) is 5.03. The van der Waals surface area contributed by atoms with Crippen molar-refractivity contribution in [3.63, 3.8) is 0 Å². The molecule has 5 rings (SSSR count). The van der Waals surface area contributed by atoms with E-state index in [4.69, 9.17) is 28.9 Å². The van der Waals surface area contributed by atoms with Gasteiger partial charge in [0, 0.05) is 54.3 Å². The minimum atomic E-state index is -4.70. The topological polar surface area (TPSA) is 90.3 Å². The van der Waals surface area contributed by atoms with Gasteiger partial charge in [-0.1, -0.05) is 23.2 Å². The molecule has 2 unspecified atom stereocenters. The van der Waals surface area contributed by atoms with Gasteiger partial charge in [-0.2, -0.15) is 13.2 Å². The maximum Gasteiger partial charge on any atom is 0.434 e. The maximum atomic E-state index is 13.8. The molecule has 2 aromatic heterocycles. The number of aromatic nitrogens is 2. The first-order valence-corrected chi connectivity index (χ1v) is 12.0. The Bertz CT molecular complexity index is 1280. The van der Waals surface area contributed by atoms with Crippen LogP contribution in [0.1, 0.15) is 23.0 Å². The van der Waals surface area contributed by atoms with Crippen molar-refractivity contribution in [3.8, 4) is 0 Å². The van der Waals surface area contributed by atoms with Gasteiger partial charge in [0.05, 0.1) is 11.1 Å². The Hall–Kier alpha value is -2.53. The molecule has 186 valence electrons. The molecular formula is C23H23Cl2F3N6O. The van der Waals surface area contributed by atoms with Gasteiger partial charge in [0.15, 0.2) is 5.69 Å². The van der Waals surface area contributed by atoms with E-state index in [-0.39, 0.29) is 24.8 Å². The summed E-state index contributed by atoms with van der Waals surface area (Å²) in [6.07, 6.45) is -4.09. The Morgan fingerprint density at radius 3 is 2.74 bits per heavy atom. The summed E-state index contributed by atoms with van der Waals surface area (Å²) < 4.78 is 40.2. The van der Waals surface area contributed by atoms with E-state index < -0.39 is 29.0 Å². The number of H-pyrrole nitrogens is 1. The highest BCUT2D eigenvalue weighted by Gasteiger charge is 2.40. The van der Waals surface area contributed by atoms with E-state index in [9.17, 15) is 18.0 Å². The summed E-state index contributed by atoms with van der Waals surface area (Å²) >= 11 is 11.9. The van der Waals surface area contributed by atoms with Crippen LogP contribution in [0.2, 0.25) is 10.0 Å². The highest BCUT2D eigenvalue weighted by atomic mass is 35.5. The largest absolute Gasteiger partial charge is 0.434 e. The Labute approximate surface area is 209 Å². The van der Waals surface area contributed by atoms with Crippen LogP contribution in [0.25, 0.3) is 10.9 Å². The zero-order valence-corrected chi connectivity index (χ0v) is 20.0. The molecule has 2 aliphatic rings. The number of hydrogen-bond donors (Lipinski definition) is 3. The number of alkyl halides is 3. The summed E-state index contributed by atoms with van der Waals surface area (Å²) in [7, 11) is 0. The van der Waals surface area contributed by atoms with Crippen LogP contribution in [-0.2, 0) is 17.4 Å². The van der Waals surface area contributed by atoms with Gasteiger partial charge in [-0.25, -0.2) is 4.98 Å². The molecule has 0 spiro atoms. The van der Waals surface area contributed by atoms with E-state index in [1.165, 1.54) is 12.1 Å². The molecule has 4 heterocycles. The fraction of sp³-hybridized carbons (Fsp3) is 0.391. The normalized spacial score (nSPS) is 20.9. The van der Waals surface area contributed by atoms with Gasteiger partial charge in [-0.3, -0.25) is 4.79 Å². The van der Waals surface area contributed by atoms with Crippen molar-refractivity contribution in [3.05, 3.63) is 57.3 Å². The monoisotopic (exact) mass is 526 g/mol. The first kappa shape index (κ1) is 24.2. The highest BCUT2D eigenvalue weighted by Crippen LogP contribution is 2.37. The van der Waals surface area contributed by atoms with Crippen LogP contribution in [0.3, 0.4) is 0 Å². The molecule has 1 fully saturated rings. The average molecular weight is 527 g/mol. The number of nitrogens with one attached hydrogen (secondary N) is 2. The van der Waals surface area contributed by atoms with Crippen LogP contribution in [-0.4, -0.2) is 59.5 Å². The number of benzene rings is 1. The quantitative estimate of drug-likeness (QED) is 0.483. The third-order valence-corrected chi connectivity index (χ3v) is 7.18. The first-order valence-electron chi connectivity index (χ1n) is 11.2. The summed E-state index contributed by atoms with van der Waals surface area (Å²) in [5.41, 5.74) is 7.83. The maximum absolute atomic E-state index is 13.8. The lowest BCUT2D eigenvalue weighted by molar-refractivity contribution is -0.141. The second kappa shape index (κ2) is 9.16. The Kier molecular flexibility index (Phi) is 6.33. The van der Waals surface area contributed by atoms with E-state index >= 15 is 0 Å². The number of piperazine rings is 1. The number of pyridine rings is 1. The van der Waals surface area contributed by atoms with Crippen molar-refractivity contribution in [1.29, 1.82) is 0 Å². The van der Waals surface area contributed by atoms with Gasteiger partial charge in [-0.05, 0) is 42.3 Å². The lowest BCUT2D eigenvalue weighted by Crippen LogP contribution is -2.60. The number of carbonyl (C=O) groups excluding carboxylic acids is 1. The molecule has 2 aliphatic heterocycles. The summed E-state index contributed by atoms with van der Waals surface area (Å²) in [5.74, 6) is -0.163. The van der Waals surface area contributed by atoms with E-state index in [0.717, 1.165) is 22.2 Å². The van der Waals surface area contributed by atoms with Gasteiger partial charge in [-0.15, -0.1) is 0 Å². The van der Waals surface area contributed by atoms with Gasteiger partial charge in [0.25, 0.3) is 0 Å². The van der Waals surface area contributed by atoms with Crippen LogP contribution in [0.15, 0.2) is 30.3 Å². The van der Waals surface area contributed by atoms with Crippen LogP contribution >= 0.6 is 23.2 Å². The molecule has 1 amide bonds. The summed E-state index contributed by atoms with van der Waals surface area (Å²) in [6.45, 7) is 1.71. The van der Waals surface area contributed by atoms with Gasteiger partial charge in [0.1, 0.15) is 11.9 Å². The number of nitrogens with zero attached hydrogens (tertiary/aromatic N) is 3. The predicted octanol–water partition coefficient (Wildman–Crippen LogP) is 3.75. The Morgan fingerprint density at radius 2 is 2.00 bits per heavy atom. The Balaban J connectivity index is 1.47. The molecule has 0 aliphatic carbocycles. The number of fused-ring (bicyclic) bond motifs is 3. The highest BCUT2D eigenvalue weighted by molar-refractivity contribution is 6.31. The molecule has 0 saturated carbocycles. The molecular weight excluding hydrogens is 504 g/mol. The number of anilines is 1. The number of rotatable bonds is 3. The van der Waals surface area contributed by atoms with Crippen molar-refractivity contribution in [1.82, 2.24) is 20.2 Å². The molecule has 0 radical (unpaired) electrons. The van der Waals surface area contributed by atoms with Crippen molar-refractivity contribution in [2.75, 3.05) is 37.6 Å². The molecule has 4 N–H and O–H groups in total. The number of aromatic amines is 1. The van der Waals surface area contributed by atoms with Crippen LogP contribution in [0, 0.1) is 0 Å². The standard InChI is InChI=1S/C23H23Cl2F3N6O/c24-12-1-3-16-14(9-12)13-5-7-34(17(10-29)20(13)31-16)22(35)18-11-30-6-8-33(18)19-4-2-15(25)21(32-19)23(26,27)28/h1-4,9,17-18,30-31H,5-8,10-11,29H2. The third-order valence-electron chi connectivity index (χ3n) is 6.64. The minimum absolute atomic E-state index is 0.0591. The zero-order valence-electron chi connectivity index (χ0n) is 18.5. The molecule has 7 nitrogen and oxygen atoms in total. The second-order valence-electron chi connectivity index (χ2n) is 8.65. The Morgan fingerprint density at radius 1 is 1.20 bits per heavy atom. The molecule has 2 atom stereocenters. The molecule has 1 saturated heterocycles. The van der Waals surface area contributed by atoms with Gasteiger partial charge in [0.2, 0.25) is 5.91 Å². The molecule has 12 heteroatoms. The number of hydrogen-bond acceptors (Lipinski definition) is 5. The van der Waals surface area contributed by atoms with Crippen LogP contribution < -0.4 is 16.0 Å². The number of halogens is 5. The first-order chi connectivity index (χ1) is 16.7. The van der Waals surface area contributed by atoms with E-state index in [0.29, 0.717) is 31.1 Å². The summed E-state index contributed by atoms with van der Waals surface area (Å²) in [4.78, 5) is 24.3. The molecule has 0 bridgehead atoms. The predicted molar refractivity (Wildman–Crippen MR) is 129 cm³/mol. The smallest absolute Gasteiger partial charge is 0.356 e. The lowest BCUT2D eigenvalue weighted by atomic mass is 9.96. The molecule has 1 aromatic carbocycles. The van der Waals surface area contributed by atoms with E-state index in [1.54, 1.807) is 15.9 Å². The fourth-order valence-corrected chi connectivity index (χ4v) is 5.41. The minimum Gasteiger partial charge on any atom is -0.356 e. The van der Waals surface area contributed by atoms with E-state index in [1.807, 2.05) is 12.1 Å².